The third kappa shape index (κ3) is 5.99. The Morgan fingerprint density at radius 1 is 0.885 bits per heavy atom. The minimum atomic E-state index is -0.225. The zero-order valence-electron chi connectivity index (χ0n) is 15.7. The van der Waals surface area contributed by atoms with Gasteiger partial charge >= 0.3 is 0 Å². The molecule has 0 aliphatic heterocycles. The van der Waals surface area contributed by atoms with E-state index in [2.05, 4.69) is 12.2 Å². The minimum Gasteiger partial charge on any atom is -0.490 e. The van der Waals surface area contributed by atoms with Gasteiger partial charge in [-0.2, -0.15) is 0 Å². The van der Waals surface area contributed by atoms with Crippen molar-refractivity contribution in [2.75, 3.05) is 25.1 Å². The van der Waals surface area contributed by atoms with E-state index in [0.717, 1.165) is 18.4 Å². The highest BCUT2D eigenvalue weighted by Crippen LogP contribution is 2.31. The number of rotatable bonds is 10. The molecule has 2 aromatic carbocycles. The zero-order valence-corrected chi connectivity index (χ0v) is 15.7. The zero-order chi connectivity index (χ0) is 18.8. The molecular formula is C21H27NO4. The van der Waals surface area contributed by atoms with E-state index >= 15 is 0 Å². The van der Waals surface area contributed by atoms with E-state index in [-0.39, 0.29) is 12.5 Å². The normalized spacial score (nSPS) is 10.3. The summed E-state index contributed by atoms with van der Waals surface area (Å²) in [5, 5.41) is 2.83. The fourth-order valence-electron chi connectivity index (χ4n) is 2.30. The third-order valence-corrected chi connectivity index (χ3v) is 3.60. The molecule has 5 nitrogen and oxygen atoms in total. The smallest absolute Gasteiger partial charge is 0.262 e. The van der Waals surface area contributed by atoms with E-state index < -0.39 is 0 Å². The standard InChI is InChI=1S/C21H27NO4/c1-4-12-24-19-11-10-17(14-20(19)25-13-5-2)22-21(23)15-26-18-9-7-6-8-16(18)3/h6-11,14H,4-5,12-13,15H2,1-3H3,(H,22,23). The molecule has 0 bridgehead atoms. The predicted molar refractivity (Wildman–Crippen MR) is 103 cm³/mol. The molecule has 0 fully saturated rings. The monoisotopic (exact) mass is 357 g/mol. The Hall–Kier alpha value is -2.69. The van der Waals surface area contributed by atoms with E-state index in [1.807, 2.05) is 44.2 Å². The van der Waals surface area contributed by atoms with E-state index in [1.165, 1.54) is 0 Å². The van der Waals surface area contributed by atoms with Crippen LogP contribution in [0.4, 0.5) is 5.69 Å². The summed E-state index contributed by atoms with van der Waals surface area (Å²) >= 11 is 0. The number of benzene rings is 2. The summed E-state index contributed by atoms with van der Waals surface area (Å²) in [6.07, 6.45) is 1.82. The van der Waals surface area contributed by atoms with Gasteiger partial charge in [0.15, 0.2) is 18.1 Å². The van der Waals surface area contributed by atoms with Crippen LogP contribution in [0.1, 0.15) is 32.3 Å². The Balaban J connectivity index is 1.98. The van der Waals surface area contributed by atoms with Crippen molar-refractivity contribution in [3.05, 3.63) is 48.0 Å². The molecule has 0 saturated carbocycles. The van der Waals surface area contributed by atoms with Crippen molar-refractivity contribution in [2.24, 2.45) is 0 Å². The quantitative estimate of drug-likeness (QED) is 0.676. The van der Waals surface area contributed by atoms with Crippen LogP contribution in [0, 0.1) is 6.92 Å². The Bertz CT molecular complexity index is 715. The Kier molecular flexibility index (Phi) is 7.80. The number of amides is 1. The van der Waals surface area contributed by atoms with Crippen molar-refractivity contribution >= 4 is 11.6 Å². The lowest BCUT2D eigenvalue weighted by molar-refractivity contribution is -0.118. The average Bonchev–Trinajstić information content (AvgIpc) is 2.65. The van der Waals surface area contributed by atoms with Gasteiger partial charge in [0.25, 0.3) is 5.91 Å². The molecule has 1 N–H and O–H groups in total. The number of carbonyl (C=O) groups excluding carboxylic acids is 1. The average molecular weight is 357 g/mol. The van der Waals surface area contributed by atoms with Crippen molar-refractivity contribution in [1.82, 2.24) is 0 Å². The van der Waals surface area contributed by atoms with Crippen LogP contribution in [0.25, 0.3) is 0 Å². The van der Waals surface area contributed by atoms with Gasteiger partial charge in [-0.15, -0.1) is 0 Å². The first-order chi connectivity index (χ1) is 12.6. The summed E-state index contributed by atoms with van der Waals surface area (Å²) in [7, 11) is 0. The van der Waals surface area contributed by atoms with Gasteiger partial charge in [-0.3, -0.25) is 4.79 Å². The van der Waals surface area contributed by atoms with Crippen molar-refractivity contribution < 1.29 is 19.0 Å². The van der Waals surface area contributed by atoms with Crippen molar-refractivity contribution in [3.8, 4) is 17.2 Å². The van der Waals surface area contributed by atoms with Gasteiger partial charge < -0.3 is 19.5 Å². The van der Waals surface area contributed by atoms with Crippen LogP contribution < -0.4 is 19.5 Å². The lowest BCUT2D eigenvalue weighted by Gasteiger charge is -2.14. The first-order valence-electron chi connectivity index (χ1n) is 9.02. The molecule has 1 amide bonds. The molecular weight excluding hydrogens is 330 g/mol. The Labute approximate surface area is 155 Å². The lowest BCUT2D eigenvalue weighted by atomic mass is 10.2. The van der Waals surface area contributed by atoms with E-state index in [1.54, 1.807) is 12.1 Å². The lowest BCUT2D eigenvalue weighted by Crippen LogP contribution is -2.20. The maximum atomic E-state index is 12.2. The molecule has 2 rings (SSSR count). The molecule has 0 aliphatic rings. The van der Waals surface area contributed by atoms with Gasteiger partial charge in [0.05, 0.1) is 13.2 Å². The number of para-hydroxylation sites is 1. The molecule has 140 valence electrons. The molecule has 0 saturated heterocycles. The van der Waals surface area contributed by atoms with Crippen LogP contribution >= 0.6 is 0 Å². The number of aryl methyl sites for hydroxylation is 1. The topological polar surface area (TPSA) is 56.8 Å². The number of hydrogen-bond donors (Lipinski definition) is 1. The summed E-state index contributed by atoms with van der Waals surface area (Å²) in [4.78, 5) is 12.2. The first-order valence-corrected chi connectivity index (χ1v) is 9.02. The second kappa shape index (κ2) is 10.3. The first kappa shape index (κ1) is 19.6. The summed E-state index contributed by atoms with van der Waals surface area (Å²) < 4.78 is 17.0. The third-order valence-electron chi connectivity index (χ3n) is 3.60. The molecule has 0 aliphatic carbocycles. The summed E-state index contributed by atoms with van der Waals surface area (Å²) in [5.74, 6) is 1.81. The maximum absolute atomic E-state index is 12.2. The molecule has 0 heterocycles. The summed E-state index contributed by atoms with van der Waals surface area (Å²) in [5.41, 5.74) is 1.64. The number of hydrogen-bond acceptors (Lipinski definition) is 4. The van der Waals surface area contributed by atoms with Gasteiger partial charge in [0, 0.05) is 11.8 Å². The molecule has 0 unspecified atom stereocenters. The van der Waals surface area contributed by atoms with Crippen LogP contribution in [0.3, 0.4) is 0 Å². The van der Waals surface area contributed by atoms with Gasteiger partial charge in [-0.05, 0) is 43.5 Å². The summed E-state index contributed by atoms with van der Waals surface area (Å²) in [6.45, 7) is 7.20. The second-order valence-corrected chi connectivity index (χ2v) is 5.96. The molecule has 0 spiro atoms. The Morgan fingerprint density at radius 2 is 1.58 bits per heavy atom. The highest BCUT2D eigenvalue weighted by atomic mass is 16.5. The van der Waals surface area contributed by atoms with Crippen molar-refractivity contribution in [3.63, 3.8) is 0 Å². The summed E-state index contributed by atoms with van der Waals surface area (Å²) in [6, 6.07) is 13.0. The fraction of sp³-hybridized carbons (Fsp3) is 0.381. The SMILES string of the molecule is CCCOc1ccc(NC(=O)COc2ccccc2C)cc1OCCC. The number of nitrogens with one attached hydrogen (secondary N) is 1. The molecule has 0 aromatic heterocycles. The van der Waals surface area contributed by atoms with Crippen LogP contribution in [0.5, 0.6) is 17.2 Å². The largest absolute Gasteiger partial charge is 0.490 e. The van der Waals surface area contributed by atoms with Crippen LogP contribution in [0.15, 0.2) is 42.5 Å². The van der Waals surface area contributed by atoms with Crippen LogP contribution in [-0.2, 0) is 4.79 Å². The van der Waals surface area contributed by atoms with Gasteiger partial charge in [-0.1, -0.05) is 32.0 Å². The van der Waals surface area contributed by atoms with Gasteiger partial charge in [0.2, 0.25) is 0 Å². The number of anilines is 1. The number of ether oxygens (including phenoxy) is 3. The minimum absolute atomic E-state index is 0.0515. The Morgan fingerprint density at radius 3 is 2.27 bits per heavy atom. The van der Waals surface area contributed by atoms with Crippen molar-refractivity contribution in [2.45, 2.75) is 33.6 Å². The van der Waals surface area contributed by atoms with E-state index in [9.17, 15) is 4.79 Å². The molecule has 26 heavy (non-hydrogen) atoms. The maximum Gasteiger partial charge on any atom is 0.262 e. The fourth-order valence-corrected chi connectivity index (χ4v) is 2.30. The van der Waals surface area contributed by atoms with E-state index in [4.69, 9.17) is 14.2 Å². The van der Waals surface area contributed by atoms with Gasteiger partial charge in [0.1, 0.15) is 5.75 Å². The molecule has 0 radical (unpaired) electrons. The van der Waals surface area contributed by atoms with Crippen LogP contribution in [-0.4, -0.2) is 25.7 Å². The van der Waals surface area contributed by atoms with Gasteiger partial charge in [-0.25, -0.2) is 0 Å². The van der Waals surface area contributed by atoms with Crippen LogP contribution in [0.2, 0.25) is 0 Å². The van der Waals surface area contributed by atoms with Crippen molar-refractivity contribution in [1.29, 1.82) is 0 Å². The second-order valence-electron chi connectivity index (χ2n) is 5.96. The van der Waals surface area contributed by atoms with E-state index in [0.29, 0.717) is 36.1 Å². The molecule has 2 aromatic rings. The molecule has 0 atom stereocenters. The predicted octanol–water partition coefficient (Wildman–Crippen LogP) is 4.59. The number of carbonyl (C=O) groups is 1. The highest BCUT2D eigenvalue weighted by molar-refractivity contribution is 5.92. The molecule has 5 heteroatoms. The highest BCUT2D eigenvalue weighted by Gasteiger charge is 2.10.